The molecular weight excluding hydrogens is 298 g/mol. The number of thiophene rings is 1. The first kappa shape index (κ1) is 15.3. The molecule has 0 unspecified atom stereocenters. The number of hydrogen-bond donors (Lipinski definition) is 1. The van der Waals surface area contributed by atoms with Crippen molar-refractivity contribution in [1.82, 2.24) is 15.1 Å². The smallest absolute Gasteiger partial charge is 0.265 e. The summed E-state index contributed by atoms with van der Waals surface area (Å²) in [5, 5.41) is 5.53. The summed E-state index contributed by atoms with van der Waals surface area (Å²) in [6.07, 6.45) is 0. The molecule has 1 N–H and O–H groups in total. The van der Waals surface area contributed by atoms with Crippen molar-refractivity contribution in [2.45, 2.75) is 6.92 Å². The van der Waals surface area contributed by atoms with Crippen LogP contribution in [0.2, 0.25) is 5.02 Å². The fourth-order valence-corrected chi connectivity index (χ4v) is 3.30. The van der Waals surface area contributed by atoms with E-state index in [1.807, 2.05) is 12.3 Å². The third-order valence-electron chi connectivity index (χ3n) is 3.28. The van der Waals surface area contributed by atoms with Crippen molar-refractivity contribution in [3.05, 3.63) is 20.8 Å². The van der Waals surface area contributed by atoms with E-state index in [2.05, 4.69) is 5.32 Å². The monoisotopic (exact) mass is 315 g/mol. The minimum atomic E-state index is -0.198. The van der Waals surface area contributed by atoms with Crippen LogP contribution in [0.1, 0.15) is 15.2 Å². The van der Waals surface area contributed by atoms with E-state index in [0.29, 0.717) is 23.0 Å². The molecule has 110 valence electrons. The van der Waals surface area contributed by atoms with E-state index in [1.54, 1.807) is 11.9 Å². The summed E-state index contributed by atoms with van der Waals surface area (Å²) in [5.74, 6) is -0.219. The molecule has 0 atom stereocenters. The maximum Gasteiger partial charge on any atom is 0.265 e. The highest BCUT2D eigenvalue weighted by Crippen LogP contribution is 2.28. The van der Waals surface area contributed by atoms with Crippen LogP contribution in [0.15, 0.2) is 5.38 Å². The molecular formula is C13H18ClN3O2S. The number of nitrogens with zero attached hydrogens (tertiary/aromatic N) is 2. The van der Waals surface area contributed by atoms with Gasteiger partial charge in [0.25, 0.3) is 5.91 Å². The van der Waals surface area contributed by atoms with Crippen LogP contribution in [0, 0.1) is 6.92 Å². The Balaban J connectivity index is 1.97. The summed E-state index contributed by atoms with van der Waals surface area (Å²) in [5.41, 5.74) is 0.891. The fourth-order valence-electron chi connectivity index (χ4n) is 2.04. The number of halogens is 1. The minimum absolute atomic E-state index is 0.0215. The van der Waals surface area contributed by atoms with Gasteiger partial charge in [-0.05, 0) is 17.9 Å². The van der Waals surface area contributed by atoms with Crippen molar-refractivity contribution in [2.75, 3.05) is 39.8 Å². The van der Waals surface area contributed by atoms with Gasteiger partial charge >= 0.3 is 0 Å². The lowest BCUT2D eigenvalue weighted by Gasteiger charge is -2.29. The van der Waals surface area contributed by atoms with Gasteiger partial charge in [0.05, 0.1) is 11.6 Å². The first-order valence-corrected chi connectivity index (χ1v) is 7.74. The van der Waals surface area contributed by atoms with Gasteiger partial charge in [-0.2, -0.15) is 0 Å². The van der Waals surface area contributed by atoms with Crippen molar-refractivity contribution in [2.24, 2.45) is 0 Å². The Bertz CT molecular complexity index is 512. The largest absolute Gasteiger partial charge is 0.339 e. The summed E-state index contributed by atoms with van der Waals surface area (Å²) in [6, 6.07) is 0. The zero-order valence-corrected chi connectivity index (χ0v) is 13.2. The molecule has 2 rings (SSSR count). The predicted octanol–water partition coefficient (Wildman–Crippen LogP) is 1.21. The van der Waals surface area contributed by atoms with Crippen molar-refractivity contribution in [3.63, 3.8) is 0 Å². The first-order valence-electron chi connectivity index (χ1n) is 6.48. The van der Waals surface area contributed by atoms with Crippen LogP contribution in [0.4, 0.5) is 0 Å². The molecule has 0 spiro atoms. The molecule has 0 aliphatic carbocycles. The van der Waals surface area contributed by atoms with Crippen LogP contribution < -0.4 is 5.32 Å². The molecule has 1 aliphatic rings. The quantitative estimate of drug-likeness (QED) is 0.912. The van der Waals surface area contributed by atoms with E-state index >= 15 is 0 Å². The van der Waals surface area contributed by atoms with Gasteiger partial charge < -0.3 is 15.1 Å². The second-order valence-corrected chi connectivity index (χ2v) is 6.11. The zero-order chi connectivity index (χ0) is 14.7. The molecule has 0 aromatic carbocycles. The van der Waals surface area contributed by atoms with Crippen molar-refractivity contribution < 1.29 is 9.59 Å². The summed E-state index contributed by atoms with van der Waals surface area (Å²) in [6.45, 7) is 4.95. The molecule has 2 amide bonds. The van der Waals surface area contributed by atoms with Gasteiger partial charge in [0.1, 0.15) is 4.88 Å². The number of likely N-dealkylation sites (N-methyl/N-ethyl adjacent to an activating group) is 1. The van der Waals surface area contributed by atoms with Crippen LogP contribution in [0.3, 0.4) is 0 Å². The van der Waals surface area contributed by atoms with Crippen LogP contribution in [0.25, 0.3) is 0 Å². The third kappa shape index (κ3) is 3.31. The van der Waals surface area contributed by atoms with E-state index in [1.165, 1.54) is 16.2 Å². The predicted molar refractivity (Wildman–Crippen MR) is 80.5 cm³/mol. The van der Waals surface area contributed by atoms with Crippen LogP contribution in [-0.4, -0.2) is 61.4 Å². The Labute approximate surface area is 127 Å². The lowest BCUT2D eigenvalue weighted by Crippen LogP contribution is -2.49. The molecule has 1 aromatic heterocycles. The van der Waals surface area contributed by atoms with Gasteiger partial charge in [0.2, 0.25) is 5.91 Å². The Kier molecular flexibility index (Phi) is 5.01. The Hall–Kier alpha value is -1.11. The van der Waals surface area contributed by atoms with Crippen molar-refractivity contribution in [1.29, 1.82) is 0 Å². The number of amides is 2. The number of carbonyl (C=O) groups excluding carboxylic acids is 2. The zero-order valence-electron chi connectivity index (χ0n) is 11.6. The van der Waals surface area contributed by atoms with Gasteiger partial charge in [-0.3, -0.25) is 9.59 Å². The van der Waals surface area contributed by atoms with Gasteiger partial charge in [-0.25, -0.2) is 0 Å². The van der Waals surface area contributed by atoms with Crippen molar-refractivity contribution in [3.8, 4) is 0 Å². The topological polar surface area (TPSA) is 52.7 Å². The third-order valence-corrected chi connectivity index (χ3v) is 4.97. The summed E-state index contributed by atoms with van der Waals surface area (Å²) < 4.78 is 0. The lowest BCUT2D eigenvalue weighted by atomic mass is 10.3. The number of piperazine rings is 1. The molecule has 0 bridgehead atoms. The normalized spacial score (nSPS) is 15.2. The Morgan fingerprint density at radius 2 is 2.10 bits per heavy atom. The van der Waals surface area contributed by atoms with Crippen molar-refractivity contribution >= 4 is 34.8 Å². The van der Waals surface area contributed by atoms with E-state index < -0.39 is 0 Å². The molecule has 0 saturated carbocycles. The minimum Gasteiger partial charge on any atom is -0.339 e. The molecule has 2 heterocycles. The molecule has 5 nitrogen and oxygen atoms in total. The van der Waals surface area contributed by atoms with E-state index in [-0.39, 0.29) is 18.4 Å². The Morgan fingerprint density at radius 3 is 2.65 bits per heavy atom. The Morgan fingerprint density at radius 1 is 1.45 bits per heavy atom. The number of hydrogen-bond acceptors (Lipinski definition) is 4. The van der Waals surface area contributed by atoms with Crippen LogP contribution in [0.5, 0.6) is 0 Å². The molecule has 0 radical (unpaired) electrons. The molecule has 1 saturated heterocycles. The molecule has 1 aromatic rings. The molecule has 7 heteroatoms. The number of carbonyl (C=O) groups is 2. The summed E-state index contributed by atoms with van der Waals surface area (Å²) in [7, 11) is 1.63. The second kappa shape index (κ2) is 6.56. The van der Waals surface area contributed by atoms with E-state index in [0.717, 1.165) is 18.7 Å². The fraction of sp³-hybridized carbons (Fsp3) is 0.538. The maximum atomic E-state index is 12.3. The average Bonchev–Trinajstić information content (AvgIpc) is 2.79. The second-order valence-electron chi connectivity index (χ2n) is 4.85. The molecule has 20 heavy (non-hydrogen) atoms. The summed E-state index contributed by atoms with van der Waals surface area (Å²) >= 11 is 7.41. The highest BCUT2D eigenvalue weighted by Gasteiger charge is 2.23. The van der Waals surface area contributed by atoms with E-state index in [9.17, 15) is 9.59 Å². The van der Waals surface area contributed by atoms with Gasteiger partial charge in [-0.1, -0.05) is 11.6 Å². The standard InChI is InChI=1S/C13H18ClN3O2S/c1-9-8-20-12(11(9)14)13(19)16(2)7-10(18)17-5-3-15-4-6-17/h8,15H,3-7H2,1-2H3. The molecule has 1 aliphatic heterocycles. The van der Waals surface area contributed by atoms with Crippen LogP contribution >= 0.6 is 22.9 Å². The molecule has 1 fully saturated rings. The van der Waals surface area contributed by atoms with Gasteiger partial charge in [-0.15, -0.1) is 11.3 Å². The highest BCUT2D eigenvalue weighted by molar-refractivity contribution is 7.13. The lowest BCUT2D eigenvalue weighted by molar-refractivity contribution is -0.132. The SMILES string of the molecule is Cc1csc(C(=O)N(C)CC(=O)N2CCNCC2)c1Cl. The maximum absolute atomic E-state index is 12.3. The number of aryl methyl sites for hydroxylation is 1. The average molecular weight is 316 g/mol. The highest BCUT2D eigenvalue weighted by atomic mass is 35.5. The summed E-state index contributed by atoms with van der Waals surface area (Å²) in [4.78, 5) is 28.1. The van der Waals surface area contributed by atoms with Crippen LogP contribution in [-0.2, 0) is 4.79 Å². The number of nitrogens with one attached hydrogen (secondary N) is 1. The number of rotatable bonds is 3. The first-order chi connectivity index (χ1) is 9.50. The van der Waals surface area contributed by atoms with E-state index in [4.69, 9.17) is 11.6 Å². The van der Waals surface area contributed by atoms with Gasteiger partial charge in [0.15, 0.2) is 0 Å². The van der Waals surface area contributed by atoms with Gasteiger partial charge in [0, 0.05) is 33.2 Å².